The Morgan fingerprint density at radius 1 is 1.31 bits per heavy atom. The molecule has 0 aliphatic rings. The third-order valence-corrected chi connectivity index (χ3v) is 4.11. The lowest BCUT2D eigenvalue weighted by molar-refractivity contribution is 0.372. The molecule has 1 rings (SSSR count). The van der Waals surface area contributed by atoms with Gasteiger partial charge < -0.3 is 5.32 Å². The zero-order valence-electron chi connectivity index (χ0n) is 11.1. The Balaban J connectivity index is 2.88. The Bertz CT molecular complexity index is 320. The number of hydrogen-bond donors (Lipinski definition) is 1. The number of rotatable bonds is 6. The average Bonchev–Trinajstić information content (AvgIpc) is 2.54. The van der Waals surface area contributed by atoms with Crippen LogP contribution in [0.15, 0.2) is 0 Å². The van der Waals surface area contributed by atoms with Crippen molar-refractivity contribution in [3.05, 3.63) is 15.6 Å². The normalized spacial score (nSPS) is 15.1. The van der Waals surface area contributed by atoms with Crippen LogP contribution in [0.4, 0.5) is 0 Å². The number of hydrogen-bond acceptors (Lipinski definition) is 3. The van der Waals surface area contributed by atoms with Gasteiger partial charge in [0, 0.05) is 10.9 Å². The van der Waals surface area contributed by atoms with Crippen LogP contribution in [-0.4, -0.2) is 11.5 Å². The van der Waals surface area contributed by atoms with Crippen LogP contribution in [0, 0.1) is 19.8 Å². The minimum absolute atomic E-state index is 0.483. The monoisotopic (exact) mass is 240 g/mol. The Kier molecular flexibility index (Phi) is 5.42. The van der Waals surface area contributed by atoms with Crippen molar-refractivity contribution in [2.45, 2.75) is 53.5 Å². The summed E-state index contributed by atoms with van der Waals surface area (Å²) in [6, 6.07) is 0.483. The smallest absolute Gasteiger partial charge is 0.0900 e. The lowest BCUT2D eigenvalue weighted by Crippen LogP contribution is -2.26. The summed E-state index contributed by atoms with van der Waals surface area (Å²) in [6.07, 6.45) is 2.52. The van der Waals surface area contributed by atoms with Gasteiger partial charge in [-0.05, 0) is 32.7 Å². The fourth-order valence-electron chi connectivity index (χ4n) is 2.23. The lowest BCUT2D eigenvalue weighted by Gasteiger charge is -2.24. The molecule has 16 heavy (non-hydrogen) atoms. The van der Waals surface area contributed by atoms with E-state index in [2.05, 4.69) is 44.9 Å². The van der Waals surface area contributed by atoms with E-state index < -0.39 is 0 Å². The summed E-state index contributed by atoms with van der Waals surface area (Å²) >= 11 is 1.84. The van der Waals surface area contributed by atoms with Crippen molar-refractivity contribution in [3.8, 4) is 0 Å². The SMILES string of the molecule is CCCC(C)C(NCC)c1sc(C)nc1C. The minimum Gasteiger partial charge on any atom is -0.309 e. The second-order valence-electron chi connectivity index (χ2n) is 4.48. The molecule has 2 nitrogen and oxygen atoms in total. The van der Waals surface area contributed by atoms with Crippen molar-refractivity contribution < 1.29 is 0 Å². The minimum atomic E-state index is 0.483. The van der Waals surface area contributed by atoms with Gasteiger partial charge >= 0.3 is 0 Å². The first-order valence-corrected chi connectivity index (χ1v) is 7.09. The van der Waals surface area contributed by atoms with E-state index in [-0.39, 0.29) is 0 Å². The topological polar surface area (TPSA) is 24.9 Å². The van der Waals surface area contributed by atoms with Gasteiger partial charge in [0.25, 0.3) is 0 Å². The number of nitrogens with one attached hydrogen (secondary N) is 1. The Morgan fingerprint density at radius 3 is 2.44 bits per heavy atom. The van der Waals surface area contributed by atoms with Crippen LogP contribution in [0.1, 0.15) is 55.2 Å². The zero-order chi connectivity index (χ0) is 12.1. The van der Waals surface area contributed by atoms with Crippen molar-refractivity contribution in [2.75, 3.05) is 6.54 Å². The van der Waals surface area contributed by atoms with Crippen LogP contribution < -0.4 is 5.32 Å². The predicted octanol–water partition coefficient (Wildman–Crippen LogP) is 3.85. The van der Waals surface area contributed by atoms with E-state index in [0.29, 0.717) is 12.0 Å². The van der Waals surface area contributed by atoms with E-state index in [1.54, 1.807) is 0 Å². The molecule has 2 unspecified atom stereocenters. The van der Waals surface area contributed by atoms with Gasteiger partial charge in [0.2, 0.25) is 0 Å². The summed E-state index contributed by atoms with van der Waals surface area (Å²) in [5, 5.41) is 4.79. The Morgan fingerprint density at radius 2 is 2.00 bits per heavy atom. The maximum Gasteiger partial charge on any atom is 0.0900 e. The molecular weight excluding hydrogens is 216 g/mol. The van der Waals surface area contributed by atoms with Crippen molar-refractivity contribution in [1.82, 2.24) is 10.3 Å². The quantitative estimate of drug-likeness (QED) is 0.817. The summed E-state index contributed by atoms with van der Waals surface area (Å²) in [4.78, 5) is 5.97. The Labute approximate surface area is 103 Å². The van der Waals surface area contributed by atoms with Crippen LogP contribution in [0.5, 0.6) is 0 Å². The molecule has 0 saturated heterocycles. The number of nitrogens with zero attached hydrogens (tertiary/aromatic N) is 1. The van der Waals surface area contributed by atoms with Gasteiger partial charge in [-0.2, -0.15) is 0 Å². The summed E-state index contributed by atoms with van der Waals surface area (Å²) in [5.41, 5.74) is 1.21. The molecule has 1 aromatic rings. The van der Waals surface area contributed by atoms with Gasteiger partial charge in [0.05, 0.1) is 10.7 Å². The van der Waals surface area contributed by atoms with E-state index in [4.69, 9.17) is 0 Å². The van der Waals surface area contributed by atoms with E-state index in [9.17, 15) is 0 Å². The molecule has 0 spiro atoms. The Hall–Kier alpha value is -0.410. The molecule has 0 aliphatic carbocycles. The molecule has 0 aliphatic heterocycles. The molecule has 0 fully saturated rings. The zero-order valence-corrected chi connectivity index (χ0v) is 11.9. The second kappa shape index (κ2) is 6.36. The van der Waals surface area contributed by atoms with E-state index >= 15 is 0 Å². The molecule has 3 heteroatoms. The highest BCUT2D eigenvalue weighted by atomic mass is 32.1. The molecule has 0 saturated carbocycles. The van der Waals surface area contributed by atoms with Crippen LogP contribution in [0.3, 0.4) is 0 Å². The number of aromatic nitrogens is 1. The van der Waals surface area contributed by atoms with Gasteiger partial charge in [0.1, 0.15) is 0 Å². The molecule has 92 valence electrons. The summed E-state index contributed by atoms with van der Waals surface area (Å²) in [5.74, 6) is 0.684. The van der Waals surface area contributed by atoms with E-state index in [0.717, 1.165) is 6.54 Å². The summed E-state index contributed by atoms with van der Waals surface area (Å²) < 4.78 is 0. The molecule has 0 radical (unpaired) electrons. The van der Waals surface area contributed by atoms with Crippen LogP contribution >= 0.6 is 11.3 Å². The van der Waals surface area contributed by atoms with Crippen LogP contribution in [0.25, 0.3) is 0 Å². The standard InChI is InChI=1S/C13H24N2S/c1-6-8-9(3)12(14-7-2)13-10(4)15-11(5)16-13/h9,12,14H,6-8H2,1-5H3. The van der Waals surface area contributed by atoms with Crippen molar-refractivity contribution in [3.63, 3.8) is 0 Å². The fourth-order valence-corrected chi connectivity index (χ4v) is 3.37. The molecule has 1 N–H and O–H groups in total. The molecule has 1 heterocycles. The predicted molar refractivity (Wildman–Crippen MR) is 72.1 cm³/mol. The third-order valence-electron chi connectivity index (χ3n) is 2.96. The highest BCUT2D eigenvalue weighted by Crippen LogP contribution is 2.31. The first kappa shape index (κ1) is 13.7. The van der Waals surface area contributed by atoms with Crippen molar-refractivity contribution >= 4 is 11.3 Å². The van der Waals surface area contributed by atoms with E-state index in [1.165, 1.54) is 28.4 Å². The fraction of sp³-hybridized carbons (Fsp3) is 0.769. The molecule has 0 bridgehead atoms. The molecule has 0 amide bonds. The van der Waals surface area contributed by atoms with Gasteiger partial charge in [-0.25, -0.2) is 4.98 Å². The van der Waals surface area contributed by atoms with Crippen LogP contribution in [-0.2, 0) is 0 Å². The summed E-state index contributed by atoms with van der Waals surface area (Å²) in [7, 11) is 0. The second-order valence-corrected chi connectivity index (χ2v) is 5.72. The highest BCUT2D eigenvalue weighted by Gasteiger charge is 2.21. The van der Waals surface area contributed by atoms with Crippen molar-refractivity contribution in [2.24, 2.45) is 5.92 Å². The largest absolute Gasteiger partial charge is 0.309 e. The van der Waals surface area contributed by atoms with Gasteiger partial charge in [-0.1, -0.05) is 27.2 Å². The molecule has 0 aromatic carbocycles. The highest BCUT2D eigenvalue weighted by molar-refractivity contribution is 7.11. The number of aryl methyl sites for hydroxylation is 2. The molecular formula is C13H24N2S. The first-order valence-electron chi connectivity index (χ1n) is 6.27. The van der Waals surface area contributed by atoms with Gasteiger partial charge in [-0.3, -0.25) is 0 Å². The third kappa shape index (κ3) is 3.29. The number of thiazole rings is 1. The molecule has 1 aromatic heterocycles. The summed E-state index contributed by atoms with van der Waals surface area (Å²) in [6.45, 7) is 12.0. The van der Waals surface area contributed by atoms with Gasteiger partial charge in [0.15, 0.2) is 0 Å². The van der Waals surface area contributed by atoms with Crippen LogP contribution in [0.2, 0.25) is 0 Å². The first-order chi connectivity index (χ1) is 7.60. The van der Waals surface area contributed by atoms with Gasteiger partial charge in [-0.15, -0.1) is 11.3 Å². The molecule has 2 atom stereocenters. The maximum atomic E-state index is 4.54. The van der Waals surface area contributed by atoms with Crippen molar-refractivity contribution in [1.29, 1.82) is 0 Å². The average molecular weight is 240 g/mol. The van der Waals surface area contributed by atoms with E-state index in [1.807, 2.05) is 11.3 Å². The maximum absolute atomic E-state index is 4.54. The lowest BCUT2D eigenvalue weighted by atomic mass is 9.95.